The standard InChI is InChI=1S/C17H24FN5OS/c1-9(19)6-16(25)23-14-8-15(11(18)7-10(14)17(21)24)22-13-5-3-2-4-12(13)20/h7-8,12-13,19,22H,2-6,20H2,1H3,(H2,21,24)(H,23,25). The van der Waals surface area contributed by atoms with Crippen LogP contribution in [0.5, 0.6) is 0 Å². The number of halogens is 1. The fourth-order valence-corrected chi connectivity index (χ4v) is 3.29. The molecule has 0 radical (unpaired) electrons. The van der Waals surface area contributed by atoms with Gasteiger partial charge in [0, 0.05) is 24.2 Å². The number of carbonyl (C=O) groups excluding carboxylic acids is 1. The second kappa shape index (κ2) is 8.35. The summed E-state index contributed by atoms with van der Waals surface area (Å²) in [6.45, 7) is 1.63. The molecule has 25 heavy (non-hydrogen) atoms. The molecule has 1 aromatic rings. The van der Waals surface area contributed by atoms with Crippen LogP contribution in [0.4, 0.5) is 15.8 Å². The third kappa shape index (κ3) is 5.20. The number of hydrogen-bond donors (Lipinski definition) is 5. The van der Waals surface area contributed by atoms with E-state index in [9.17, 15) is 9.18 Å². The molecule has 1 amide bonds. The minimum atomic E-state index is -0.753. The van der Waals surface area contributed by atoms with Crippen molar-refractivity contribution >= 4 is 40.2 Å². The molecule has 7 N–H and O–H groups in total. The number of anilines is 2. The molecule has 2 atom stereocenters. The molecule has 8 heteroatoms. The number of amides is 1. The lowest BCUT2D eigenvalue weighted by molar-refractivity contribution is 0.100. The first-order chi connectivity index (χ1) is 11.8. The normalized spacial score (nSPS) is 20.0. The Kier molecular flexibility index (Phi) is 6.44. The molecule has 1 aliphatic rings. The SMILES string of the molecule is CC(=N)CC(=S)Nc1cc(NC2CCCCC2N)c(F)cc1C(N)=O. The first kappa shape index (κ1) is 19.3. The fourth-order valence-electron chi connectivity index (χ4n) is 2.96. The van der Waals surface area contributed by atoms with Gasteiger partial charge in [-0.15, -0.1) is 0 Å². The van der Waals surface area contributed by atoms with Crippen molar-refractivity contribution in [3.05, 3.63) is 23.5 Å². The first-order valence-electron chi connectivity index (χ1n) is 8.27. The average molecular weight is 365 g/mol. The van der Waals surface area contributed by atoms with Gasteiger partial charge >= 0.3 is 0 Å². The lowest BCUT2D eigenvalue weighted by atomic mass is 9.91. The number of benzene rings is 1. The molecule has 1 aromatic carbocycles. The number of hydrogen-bond acceptors (Lipinski definition) is 5. The van der Waals surface area contributed by atoms with E-state index in [1.807, 2.05) is 0 Å². The van der Waals surface area contributed by atoms with Gasteiger partial charge in [0.1, 0.15) is 5.82 Å². The van der Waals surface area contributed by atoms with Gasteiger partial charge in [0.2, 0.25) is 0 Å². The highest BCUT2D eigenvalue weighted by atomic mass is 32.1. The predicted octanol–water partition coefficient (Wildman–Crippen LogP) is 2.78. The molecule has 1 fully saturated rings. The third-order valence-corrected chi connectivity index (χ3v) is 4.48. The number of rotatable bonds is 6. The number of carbonyl (C=O) groups is 1. The van der Waals surface area contributed by atoms with Gasteiger partial charge < -0.3 is 27.5 Å². The van der Waals surface area contributed by atoms with Crippen molar-refractivity contribution in [1.29, 1.82) is 5.41 Å². The molecule has 1 aliphatic carbocycles. The second-order valence-corrected chi connectivity index (χ2v) is 6.94. The third-order valence-electron chi connectivity index (χ3n) is 4.23. The van der Waals surface area contributed by atoms with Gasteiger partial charge in [-0.25, -0.2) is 4.39 Å². The summed E-state index contributed by atoms with van der Waals surface area (Å²) >= 11 is 5.18. The Morgan fingerprint density at radius 3 is 2.64 bits per heavy atom. The van der Waals surface area contributed by atoms with Crippen molar-refractivity contribution < 1.29 is 9.18 Å². The summed E-state index contributed by atoms with van der Waals surface area (Å²) < 4.78 is 14.4. The largest absolute Gasteiger partial charge is 0.378 e. The molecule has 0 spiro atoms. The average Bonchev–Trinajstić information content (AvgIpc) is 2.51. The van der Waals surface area contributed by atoms with Gasteiger partial charge in [0.05, 0.1) is 21.9 Å². The highest BCUT2D eigenvalue weighted by Crippen LogP contribution is 2.28. The maximum atomic E-state index is 14.4. The smallest absolute Gasteiger partial charge is 0.250 e. The maximum absolute atomic E-state index is 14.4. The number of nitrogens with one attached hydrogen (secondary N) is 3. The van der Waals surface area contributed by atoms with Crippen LogP contribution in [0.3, 0.4) is 0 Å². The quantitative estimate of drug-likeness (QED) is 0.392. The number of nitrogens with two attached hydrogens (primary N) is 2. The van der Waals surface area contributed by atoms with Crippen molar-refractivity contribution in [1.82, 2.24) is 0 Å². The molecule has 0 saturated heterocycles. The van der Waals surface area contributed by atoms with Crippen LogP contribution in [0.2, 0.25) is 0 Å². The minimum absolute atomic E-state index is 0.0148. The van der Waals surface area contributed by atoms with E-state index in [0.29, 0.717) is 16.4 Å². The Morgan fingerprint density at radius 1 is 1.36 bits per heavy atom. The van der Waals surface area contributed by atoms with Gasteiger partial charge in [0.15, 0.2) is 0 Å². The van der Waals surface area contributed by atoms with E-state index in [1.54, 1.807) is 6.92 Å². The number of thiocarbonyl (C=S) groups is 1. The Morgan fingerprint density at radius 2 is 2.04 bits per heavy atom. The molecular weight excluding hydrogens is 341 g/mol. The summed E-state index contributed by atoms with van der Waals surface area (Å²) in [6.07, 6.45) is 4.13. The molecule has 0 heterocycles. The monoisotopic (exact) mass is 365 g/mol. The Bertz CT molecular complexity index is 694. The minimum Gasteiger partial charge on any atom is -0.378 e. The molecule has 0 aromatic heterocycles. The van der Waals surface area contributed by atoms with E-state index in [2.05, 4.69) is 10.6 Å². The summed E-state index contributed by atoms with van der Waals surface area (Å²) in [5, 5.41) is 13.5. The van der Waals surface area contributed by atoms with Crippen molar-refractivity contribution in [3.8, 4) is 0 Å². The summed E-state index contributed by atoms with van der Waals surface area (Å²) in [6, 6.07) is 2.53. The van der Waals surface area contributed by atoms with Crippen molar-refractivity contribution in [2.24, 2.45) is 11.5 Å². The topological polar surface area (TPSA) is 117 Å². The predicted molar refractivity (Wildman–Crippen MR) is 103 cm³/mol. The van der Waals surface area contributed by atoms with E-state index < -0.39 is 11.7 Å². The number of primary amides is 1. The first-order valence-corrected chi connectivity index (χ1v) is 8.68. The van der Waals surface area contributed by atoms with Crippen LogP contribution >= 0.6 is 12.2 Å². The van der Waals surface area contributed by atoms with Crippen LogP contribution in [-0.2, 0) is 0 Å². The van der Waals surface area contributed by atoms with E-state index >= 15 is 0 Å². The zero-order valence-corrected chi connectivity index (χ0v) is 15.0. The zero-order valence-electron chi connectivity index (χ0n) is 14.2. The molecular formula is C17H24FN5OS. The molecule has 136 valence electrons. The van der Waals surface area contributed by atoms with Crippen molar-refractivity contribution in [2.75, 3.05) is 10.6 Å². The van der Waals surface area contributed by atoms with Gasteiger partial charge in [-0.3, -0.25) is 4.79 Å². The van der Waals surface area contributed by atoms with Gasteiger partial charge in [-0.2, -0.15) is 0 Å². The van der Waals surface area contributed by atoms with Crippen molar-refractivity contribution in [2.45, 2.75) is 51.1 Å². The summed E-state index contributed by atoms with van der Waals surface area (Å²) in [4.78, 5) is 12.0. The van der Waals surface area contributed by atoms with E-state index in [-0.39, 0.29) is 29.8 Å². The Balaban J connectivity index is 2.28. The molecule has 2 unspecified atom stereocenters. The Labute approximate surface area is 152 Å². The zero-order chi connectivity index (χ0) is 18.6. The highest BCUT2D eigenvalue weighted by Gasteiger charge is 2.23. The van der Waals surface area contributed by atoms with Gasteiger partial charge in [-0.1, -0.05) is 25.1 Å². The summed E-state index contributed by atoms with van der Waals surface area (Å²) in [5.41, 5.74) is 12.4. The molecule has 0 bridgehead atoms. The van der Waals surface area contributed by atoms with Crippen LogP contribution in [0.15, 0.2) is 12.1 Å². The molecule has 0 aliphatic heterocycles. The van der Waals surface area contributed by atoms with Gasteiger partial charge in [-0.05, 0) is 31.9 Å². The van der Waals surface area contributed by atoms with E-state index in [0.717, 1.165) is 31.7 Å². The Hall–Kier alpha value is -2.06. The maximum Gasteiger partial charge on any atom is 0.250 e. The lowest BCUT2D eigenvalue weighted by Gasteiger charge is -2.30. The molecule has 1 saturated carbocycles. The van der Waals surface area contributed by atoms with E-state index in [1.165, 1.54) is 6.07 Å². The van der Waals surface area contributed by atoms with Crippen LogP contribution < -0.4 is 22.1 Å². The van der Waals surface area contributed by atoms with E-state index in [4.69, 9.17) is 29.1 Å². The summed E-state index contributed by atoms with van der Waals surface area (Å²) in [7, 11) is 0. The lowest BCUT2D eigenvalue weighted by Crippen LogP contribution is -2.42. The van der Waals surface area contributed by atoms with Crippen LogP contribution in [-0.4, -0.2) is 28.7 Å². The van der Waals surface area contributed by atoms with Gasteiger partial charge in [0.25, 0.3) is 5.91 Å². The van der Waals surface area contributed by atoms with Crippen LogP contribution in [0.25, 0.3) is 0 Å². The molecule has 6 nitrogen and oxygen atoms in total. The molecule has 2 rings (SSSR count). The second-order valence-electron chi connectivity index (χ2n) is 6.45. The van der Waals surface area contributed by atoms with Crippen LogP contribution in [0, 0.1) is 11.2 Å². The summed E-state index contributed by atoms with van der Waals surface area (Å²) in [5.74, 6) is -1.32. The fraction of sp³-hybridized carbons (Fsp3) is 0.471. The highest BCUT2D eigenvalue weighted by molar-refractivity contribution is 7.80. The van der Waals surface area contributed by atoms with Crippen molar-refractivity contribution in [3.63, 3.8) is 0 Å². The van der Waals surface area contributed by atoms with Crippen LogP contribution in [0.1, 0.15) is 49.4 Å².